The first-order valence-electron chi connectivity index (χ1n) is 5.28. The Kier molecular flexibility index (Phi) is 8.04. The van der Waals surface area contributed by atoms with E-state index in [1.165, 1.54) is 0 Å². The van der Waals surface area contributed by atoms with Gasteiger partial charge in [0.15, 0.2) is 5.84 Å². The van der Waals surface area contributed by atoms with E-state index in [2.05, 4.69) is 19.0 Å². The summed E-state index contributed by atoms with van der Waals surface area (Å²) in [6, 6.07) is 0. The Balaban J connectivity index is 3.56. The molecule has 0 radical (unpaired) electrons. The second kappa shape index (κ2) is 8.49. The molecule has 0 spiro atoms. The summed E-state index contributed by atoms with van der Waals surface area (Å²) in [4.78, 5) is 0. The van der Waals surface area contributed by atoms with Gasteiger partial charge in [0, 0.05) is 6.61 Å². The first kappa shape index (κ1) is 14.2. The molecule has 0 saturated carbocycles. The van der Waals surface area contributed by atoms with E-state index in [1.54, 1.807) is 0 Å². The Labute approximate surface area is 91.2 Å². The fourth-order valence-electron chi connectivity index (χ4n) is 1.05. The highest BCUT2D eigenvalue weighted by molar-refractivity contribution is 5.84. The molecule has 90 valence electrons. The van der Waals surface area contributed by atoms with E-state index in [9.17, 15) is 0 Å². The molecule has 1 atom stereocenters. The number of nitrogens with zero attached hydrogens (tertiary/aromatic N) is 1. The molecule has 3 N–H and O–H groups in total. The highest BCUT2D eigenvalue weighted by Crippen LogP contribution is 1.98. The minimum atomic E-state index is -0.322. The van der Waals surface area contributed by atoms with Gasteiger partial charge in [0.1, 0.15) is 6.10 Å². The standard InChI is InChI=1S/C10H22N2O3/c1-4-9(10(11)12-13)15-6-5-14-7-8(2)3/h8-9,13H,4-7H2,1-3H3,(H2,11,12). The zero-order valence-corrected chi connectivity index (χ0v) is 9.77. The third-order valence-electron chi connectivity index (χ3n) is 1.81. The largest absolute Gasteiger partial charge is 0.409 e. The van der Waals surface area contributed by atoms with E-state index >= 15 is 0 Å². The Bertz CT molecular complexity index is 184. The van der Waals surface area contributed by atoms with Crippen LogP contribution in [0.1, 0.15) is 27.2 Å². The quantitative estimate of drug-likeness (QED) is 0.211. The van der Waals surface area contributed by atoms with Crippen LogP contribution in [0.4, 0.5) is 0 Å². The third kappa shape index (κ3) is 7.16. The highest BCUT2D eigenvalue weighted by Gasteiger charge is 2.11. The maximum atomic E-state index is 8.46. The normalized spacial score (nSPS) is 14.5. The van der Waals surface area contributed by atoms with Gasteiger partial charge >= 0.3 is 0 Å². The molecule has 0 aromatic heterocycles. The van der Waals surface area contributed by atoms with Crippen LogP contribution >= 0.6 is 0 Å². The second-order valence-corrected chi connectivity index (χ2v) is 3.76. The predicted molar refractivity (Wildman–Crippen MR) is 59.1 cm³/mol. The highest BCUT2D eigenvalue weighted by atomic mass is 16.5. The summed E-state index contributed by atoms with van der Waals surface area (Å²) in [5, 5.41) is 11.4. The van der Waals surface area contributed by atoms with Crippen LogP contribution in [0.15, 0.2) is 5.16 Å². The van der Waals surface area contributed by atoms with Crippen molar-refractivity contribution in [3.05, 3.63) is 0 Å². The van der Waals surface area contributed by atoms with Crippen molar-refractivity contribution >= 4 is 5.84 Å². The summed E-state index contributed by atoms with van der Waals surface area (Å²) >= 11 is 0. The van der Waals surface area contributed by atoms with Crippen molar-refractivity contribution in [2.45, 2.75) is 33.3 Å². The fourth-order valence-corrected chi connectivity index (χ4v) is 1.05. The Morgan fingerprint density at radius 3 is 2.53 bits per heavy atom. The molecule has 5 nitrogen and oxygen atoms in total. The van der Waals surface area contributed by atoms with E-state index in [0.29, 0.717) is 25.6 Å². The molecule has 0 bridgehead atoms. The average molecular weight is 218 g/mol. The summed E-state index contributed by atoms with van der Waals surface area (Å²) in [5.74, 6) is 0.636. The van der Waals surface area contributed by atoms with Crippen LogP contribution in [0.2, 0.25) is 0 Å². The van der Waals surface area contributed by atoms with Crippen LogP contribution in [0, 0.1) is 5.92 Å². The van der Waals surface area contributed by atoms with Gasteiger partial charge in [-0.1, -0.05) is 25.9 Å². The van der Waals surface area contributed by atoms with Crippen LogP contribution < -0.4 is 5.73 Å². The fraction of sp³-hybridized carbons (Fsp3) is 0.900. The lowest BCUT2D eigenvalue weighted by atomic mass is 10.2. The van der Waals surface area contributed by atoms with E-state index in [4.69, 9.17) is 20.4 Å². The number of nitrogens with two attached hydrogens (primary N) is 1. The van der Waals surface area contributed by atoms with Crippen molar-refractivity contribution < 1.29 is 14.7 Å². The Morgan fingerprint density at radius 1 is 1.40 bits per heavy atom. The van der Waals surface area contributed by atoms with Crippen molar-refractivity contribution in [1.29, 1.82) is 0 Å². The molecule has 1 unspecified atom stereocenters. The Hall–Kier alpha value is -0.810. The van der Waals surface area contributed by atoms with Crippen molar-refractivity contribution in [3.8, 4) is 0 Å². The van der Waals surface area contributed by atoms with Gasteiger partial charge in [-0.15, -0.1) is 0 Å². The maximum absolute atomic E-state index is 8.46. The van der Waals surface area contributed by atoms with Crippen LogP contribution in [-0.4, -0.2) is 37.0 Å². The molecule has 0 amide bonds. The van der Waals surface area contributed by atoms with Crippen molar-refractivity contribution in [2.24, 2.45) is 16.8 Å². The van der Waals surface area contributed by atoms with E-state index in [-0.39, 0.29) is 11.9 Å². The number of rotatable bonds is 8. The average Bonchev–Trinajstić information content (AvgIpc) is 2.22. The van der Waals surface area contributed by atoms with Gasteiger partial charge in [0.05, 0.1) is 13.2 Å². The molecule has 0 fully saturated rings. The molecule has 0 heterocycles. The van der Waals surface area contributed by atoms with Crippen molar-refractivity contribution in [2.75, 3.05) is 19.8 Å². The molecular formula is C10H22N2O3. The molecular weight excluding hydrogens is 196 g/mol. The topological polar surface area (TPSA) is 77.1 Å². The number of ether oxygens (including phenoxy) is 2. The van der Waals surface area contributed by atoms with Crippen molar-refractivity contribution in [3.63, 3.8) is 0 Å². The van der Waals surface area contributed by atoms with Gasteiger partial charge in [0.25, 0.3) is 0 Å². The van der Waals surface area contributed by atoms with Gasteiger partial charge in [0.2, 0.25) is 0 Å². The zero-order chi connectivity index (χ0) is 11.7. The molecule has 0 aliphatic carbocycles. The van der Waals surface area contributed by atoms with Gasteiger partial charge in [-0.05, 0) is 12.3 Å². The zero-order valence-electron chi connectivity index (χ0n) is 9.77. The summed E-state index contributed by atoms with van der Waals surface area (Å²) in [7, 11) is 0. The molecule has 0 aromatic rings. The SMILES string of the molecule is CCC(OCCOCC(C)C)C(N)=NO. The number of oxime groups is 1. The lowest BCUT2D eigenvalue weighted by molar-refractivity contribution is 0.0200. The lowest BCUT2D eigenvalue weighted by Crippen LogP contribution is -2.32. The van der Waals surface area contributed by atoms with Gasteiger partial charge in [-0.2, -0.15) is 0 Å². The summed E-state index contributed by atoms with van der Waals surface area (Å²) < 4.78 is 10.7. The lowest BCUT2D eigenvalue weighted by Gasteiger charge is -2.14. The summed E-state index contributed by atoms with van der Waals surface area (Å²) in [6.07, 6.45) is 0.359. The van der Waals surface area contributed by atoms with Gasteiger partial charge < -0.3 is 20.4 Å². The number of hydrogen-bond acceptors (Lipinski definition) is 4. The minimum absolute atomic E-state index is 0.112. The molecule has 15 heavy (non-hydrogen) atoms. The van der Waals surface area contributed by atoms with Crippen LogP contribution in [0.3, 0.4) is 0 Å². The predicted octanol–water partition coefficient (Wildman–Crippen LogP) is 1.20. The maximum Gasteiger partial charge on any atom is 0.168 e. The van der Waals surface area contributed by atoms with Crippen molar-refractivity contribution in [1.82, 2.24) is 0 Å². The smallest absolute Gasteiger partial charge is 0.168 e. The molecule has 0 rings (SSSR count). The molecule has 0 aliphatic heterocycles. The molecule has 0 aliphatic rings. The number of amidine groups is 1. The molecule has 0 aromatic carbocycles. The van der Waals surface area contributed by atoms with Crippen LogP contribution in [0.25, 0.3) is 0 Å². The van der Waals surface area contributed by atoms with Crippen LogP contribution in [-0.2, 0) is 9.47 Å². The second-order valence-electron chi connectivity index (χ2n) is 3.76. The first-order chi connectivity index (χ1) is 7.11. The minimum Gasteiger partial charge on any atom is -0.409 e. The van der Waals surface area contributed by atoms with Gasteiger partial charge in [-0.3, -0.25) is 0 Å². The Morgan fingerprint density at radius 2 is 2.07 bits per heavy atom. The monoisotopic (exact) mass is 218 g/mol. The molecule has 0 saturated heterocycles. The first-order valence-corrected chi connectivity index (χ1v) is 5.28. The van der Waals surface area contributed by atoms with E-state index in [0.717, 1.165) is 6.61 Å². The van der Waals surface area contributed by atoms with E-state index in [1.807, 2.05) is 6.92 Å². The summed E-state index contributed by atoms with van der Waals surface area (Å²) in [5.41, 5.74) is 5.42. The van der Waals surface area contributed by atoms with E-state index < -0.39 is 0 Å². The summed E-state index contributed by atoms with van der Waals surface area (Å²) in [6.45, 7) is 7.81. The van der Waals surface area contributed by atoms with Crippen LogP contribution in [0.5, 0.6) is 0 Å². The molecule has 5 heteroatoms. The third-order valence-corrected chi connectivity index (χ3v) is 1.81. The number of hydrogen-bond donors (Lipinski definition) is 2. The van der Waals surface area contributed by atoms with Gasteiger partial charge in [-0.25, -0.2) is 0 Å².